The molecule has 24 heavy (non-hydrogen) atoms. The Kier molecular flexibility index (Phi) is 10.6. The zero-order valence-corrected chi connectivity index (χ0v) is 15.4. The van der Waals surface area contributed by atoms with Crippen LogP contribution >= 0.6 is 0 Å². The minimum absolute atomic E-state index is 0.319. The van der Waals surface area contributed by atoms with Gasteiger partial charge >= 0.3 is 0 Å². The van der Waals surface area contributed by atoms with Gasteiger partial charge in [-0.1, -0.05) is 20.4 Å². The van der Waals surface area contributed by atoms with Crippen LogP contribution in [0.25, 0.3) is 0 Å². The first kappa shape index (κ1) is 22.1. The smallest absolute Gasteiger partial charge is 0.166 e. The van der Waals surface area contributed by atoms with Crippen molar-refractivity contribution < 1.29 is 13.2 Å². The summed E-state index contributed by atoms with van der Waals surface area (Å²) in [4.78, 5) is 2.28. The Hall–Kier alpha value is -1.94. The van der Waals surface area contributed by atoms with E-state index in [-0.39, 0.29) is 11.6 Å². The van der Waals surface area contributed by atoms with Gasteiger partial charge in [-0.2, -0.15) is 0 Å². The summed E-state index contributed by atoms with van der Waals surface area (Å²) < 4.78 is 38.8. The van der Waals surface area contributed by atoms with E-state index in [0.29, 0.717) is 4.91 Å². The molecule has 0 saturated carbocycles. The molecule has 1 aromatic carbocycles. The van der Waals surface area contributed by atoms with Gasteiger partial charge in [0, 0.05) is 6.92 Å². The molecule has 0 radical (unpaired) electrons. The first-order valence-electron chi connectivity index (χ1n) is 7.53. The third kappa shape index (κ3) is 8.06. The van der Waals surface area contributed by atoms with E-state index in [9.17, 15) is 13.2 Å². The van der Waals surface area contributed by atoms with Crippen molar-refractivity contribution in [3.63, 3.8) is 0 Å². The van der Waals surface area contributed by atoms with Crippen LogP contribution in [0, 0.1) is 5.82 Å². The van der Waals surface area contributed by atoms with Crippen LogP contribution in [0.2, 0.25) is 0 Å². The molecule has 1 atom stereocenters. The average molecular weight is 353 g/mol. The van der Waals surface area contributed by atoms with Gasteiger partial charge in [0.25, 0.3) is 0 Å². The molecule has 130 valence electrons. The van der Waals surface area contributed by atoms with E-state index in [0.717, 1.165) is 9.80 Å². The lowest BCUT2D eigenvalue weighted by Gasteiger charge is -2.07. The summed E-state index contributed by atoms with van der Waals surface area (Å²) >= 11 is 0. The first-order chi connectivity index (χ1) is 11.3. The summed E-state index contributed by atoms with van der Waals surface area (Å²) in [5.41, 5.74) is 0. The normalized spacial score (nSPS) is 13.3. The van der Waals surface area contributed by atoms with Crippen molar-refractivity contribution in [2.45, 2.75) is 32.6 Å². The Balaban J connectivity index is 0.00000254. The highest BCUT2D eigenvalue weighted by Crippen LogP contribution is 2.29. The fraction of sp³-hybridized carbons (Fsp3) is 0.200. The number of hydrogen-bond donors (Lipinski definition) is 0. The lowest BCUT2D eigenvalue weighted by molar-refractivity contribution is 0.626. The van der Waals surface area contributed by atoms with Crippen molar-refractivity contribution >= 4 is 10.9 Å². The number of rotatable bonds is 6. The molecule has 0 aliphatic heterocycles. The highest BCUT2D eigenvalue weighted by atomic mass is 32.2. The van der Waals surface area contributed by atoms with Crippen molar-refractivity contribution in [1.29, 1.82) is 0 Å². The second-order valence-corrected chi connectivity index (χ2v) is 6.79. The zero-order valence-electron chi connectivity index (χ0n) is 14.6. The molecule has 0 fully saturated rings. The number of allylic oxidation sites excluding steroid dienone is 7. The standard InChI is InChI=1S/C18H18F3S.C2H6/c1-13(19)5-7-15(3)22(16(4)8-6-14(2)20)18-11-9-17(21)10-12-18;1-2/h5-12H,1,3H2,2,4H3;1-2H3/q+1;/b7-5-,14-6+,16-8+;. The van der Waals surface area contributed by atoms with E-state index < -0.39 is 16.7 Å². The van der Waals surface area contributed by atoms with Gasteiger partial charge in [-0.25, -0.2) is 13.2 Å². The molecule has 1 unspecified atom stereocenters. The highest BCUT2D eigenvalue weighted by Gasteiger charge is 2.27. The van der Waals surface area contributed by atoms with E-state index in [2.05, 4.69) is 13.2 Å². The van der Waals surface area contributed by atoms with E-state index in [1.54, 1.807) is 18.2 Å². The SMILES string of the molecule is C=C(F)/C=C\C(=C)[S+](/C(C)=C/C=C(\C)F)c1ccc(F)cc1.CC. The second kappa shape index (κ2) is 11.6. The summed E-state index contributed by atoms with van der Waals surface area (Å²) in [6, 6.07) is 5.99. The molecule has 0 aliphatic rings. The molecule has 0 heterocycles. The van der Waals surface area contributed by atoms with Crippen molar-refractivity contribution in [3.8, 4) is 0 Å². The monoisotopic (exact) mass is 353 g/mol. The van der Waals surface area contributed by atoms with Crippen LogP contribution in [0.4, 0.5) is 13.2 Å². The Bertz CT molecular complexity index is 633. The summed E-state index contributed by atoms with van der Waals surface area (Å²) in [5.74, 6) is -1.24. The first-order valence-corrected chi connectivity index (χ1v) is 8.75. The van der Waals surface area contributed by atoms with Crippen LogP contribution in [0.3, 0.4) is 0 Å². The number of halogens is 3. The maximum atomic E-state index is 13.1. The summed E-state index contributed by atoms with van der Waals surface area (Å²) in [7, 11) is -0.624. The topological polar surface area (TPSA) is 0 Å². The van der Waals surface area contributed by atoms with Gasteiger partial charge in [-0.3, -0.25) is 0 Å². The molecule has 0 spiro atoms. The predicted molar refractivity (Wildman–Crippen MR) is 101 cm³/mol. The summed E-state index contributed by atoms with van der Waals surface area (Å²) in [5, 5.41) is 0. The van der Waals surface area contributed by atoms with E-state index in [1.807, 2.05) is 20.8 Å². The molecular formula is C20H24F3S+. The average Bonchev–Trinajstić information content (AvgIpc) is 2.55. The van der Waals surface area contributed by atoms with Crippen molar-refractivity contribution in [2.24, 2.45) is 0 Å². The van der Waals surface area contributed by atoms with Gasteiger partial charge < -0.3 is 0 Å². The van der Waals surface area contributed by atoms with Crippen molar-refractivity contribution in [3.05, 3.63) is 89.0 Å². The minimum Gasteiger partial charge on any atom is -0.212 e. The third-order valence-electron chi connectivity index (χ3n) is 2.63. The summed E-state index contributed by atoms with van der Waals surface area (Å²) in [6.07, 6.45) is 5.74. The molecule has 0 saturated heterocycles. The molecule has 0 bridgehead atoms. The van der Waals surface area contributed by atoms with Gasteiger partial charge in [-0.05, 0) is 62.1 Å². The Morgan fingerprint density at radius 2 is 1.50 bits per heavy atom. The predicted octanol–water partition coefficient (Wildman–Crippen LogP) is 7.16. The highest BCUT2D eigenvalue weighted by molar-refractivity contribution is 8.04. The molecule has 0 aliphatic carbocycles. The largest absolute Gasteiger partial charge is 0.212 e. The lowest BCUT2D eigenvalue weighted by atomic mass is 10.3. The van der Waals surface area contributed by atoms with E-state index in [4.69, 9.17) is 0 Å². The fourth-order valence-corrected chi connectivity index (χ4v) is 3.57. The van der Waals surface area contributed by atoms with Gasteiger partial charge in [0.2, 0.25) is 0 Å². The lowest BCUT2D eigenvalue weighted by Crippen LogP contribution is -2.05. The van der Waals surface area contributed by atoms with E-state index >= 15 is 0 Å². The quantitative estimate of drug-likeness (QED) is 0.376. The van der Waals surface area contributed by atoms with Gasteiger partial charge in [0.1, 0.15) is 16.5 Å². The number of hydrogen-bond acceptors (Lipinski definition) is 0. The van der Waals surface area contributed by atoms with Crippen molar-refractivity contribution in [2.75, 3.05) is 0 Å². The molecule has 0 aromatic heterocycles. The molecule has 1 rings (SSSR count). The second-order valence-electron chi connectivity index (χ2n) is 4.54. The number of benzene rings is 1. The van der Waals surface area contributed by atoms with Crippen LogP contribution in [-0.4, -0.2) is 0 Å². The van der Waals surface area contributed by atoms with Crippen LogP contribution in [0.5, 0.6) is 0 Å². The van der Waals surface area contributed by atoms with Gasteiger partial charge in [-0.15, -0.1) is 0 Å². The van der Waals surface area contributed by atoms with Crippen LogP contribution in [0.15, 0.2) is 88.1 Å². The van der Waals surface area contributed by atoms with Crippen LogP contribution in [-0.2, 0) is 10.9 Å². The Morgan fingerprint density at radius 1 is 0.958 bits per heavy atom. The molecule has 0 nitrogen and oxygen atoms in total. The minimum atomic E-state index is -0.624. The maximum absolute atomic E-state index is 13.1. The van der Waals surface area contributed by atoms with Crippen LogP contribution < -0.4 is 0 Å². The Morgan fingerprint density at radius 3 is 1.96 bits per heavy atom. The van der Waals surface area contributed by atoms with Crippen molar-refractivity contribution in [1.82, 2.24) is 0 Å². The fourth-order valence-electron chi connectivity index (χ4n) is 1.67. The molecular weight excluding hydrogens is 329 g/mol. The van der Waals surface area contributed by atoms with Crippen LogP contribution in [0.1, 0.15) is 27.7 Å². The van der Waals surface area contributed by atoms with E-state index in [1.165, 1.54) is 37.3 Å². The molecule has 4 heteroatoms. The Labute approximate surface area is 146 Å². The zero-order chi connectivity index (χ0) is 18.7. The molecule has 1 aromatic rings. The molecule has 0 amide bonds. The van der Waals surface area contributed by atoms with Gasteiger partial charge in [0.15, 0.2) is 9.80 Å². The summed E-state index contributed by atoms with van der Waals surface area (Å²) in [6.45, 7) is 14.3. The van der Waals surface area contributed by atoms with Gasteiger partial charge in [0.05, 0.1) is 16.7 Å². The maximum Gasteiger partial charge on any atom is 0.166 e. The molecule has 0 N–H and O–H groups in total. The third-order valence-corrected chi connectivity index (χ3v) is 4.82.